The van der Waals surface area contributed by atoms with Crippen LogP contribution >= 0.6 is 24.0 Å². The van der Waals surface area contributed by atoms with Crippen LogP contribution in [0.3, 0.4) is 0 Å². The van der Waals surface area contributed by atoms with Gasteiger partial charge in [0.1, 0.15) is 6.10 Å². The van der Waals surface area contributed by atoms with E-state index in [1.165, 1.54) is 32.1 Å². The van der Waals surface area contributed by atoms with E-state index in [0.717, 1.165) is 58.2 Å². The van der Waals surface area contributed by atoms with Crippen molar-refractivity contribution >= 4 is 35.8 Å². The van der Waals surface area contributed by atoms with Gasteiger partial charge in [-0.3, -0.25) is 9.79 Å². The molecule has 0 aromatic heterocycles. The molecule has 0 bridgehead atoms. The first-order valence-corrected chi connectivity index (χ1v) is 11.2. The molecule has 2 saturated carbocycles. The van der Waals surface area contributed by atoms with Gasteiger partial charge in [-0.15, -0.1) is 24.0 Å². The number of carbonyl (C=O) groups is 1. The van der Waals surface area contributed by atoms with Crippen molar-refractivity contribution in [1.29, 1.82) is 0 Å². The summed E-state index contributed by atoms with van der Waals surface area (Å²) in [6.45, 7) is 4.82. The minimum Gasteiger partial charge on any atom is -0.377 e. The SMILES string of the molecule is CN=C(NC1C2CCOC2C12CCCC2)N1CCN(C(=O)C2CCCO2)CC1.I. The Morgan fingerprint density at radius 3 is 2.38 bits per heavy atom. The third-order valence-corrected chi connectivity index (χ3v) is 7.88. The van der Waals surface area contributed by atoms with Crippen LogP contribution < -0.4 is 5.32 Å². The van der Waals surface area contributed by atoms with E-state index in [2.05, 4.69) is 15.2 Å². The highest BCUT2D eigenvalue weighted by atomic mass is 127. The lowest BCUT2D eigenvalue weighted by Gasteiger charge is -2.57. The Morgan fingerprint density at radius 2 is 1.72 bits per heavy atom. The third kappa shape index (κ3) is 3.67. The molecule has 0 aromatic carbocycles. The molecule has 3 aliphatic heterocycles. The van der Waals surface area contributed by atoms with Crippen molar-refractivity contribution in [2.24, 2.45) is 16.3 Å². The van der Waals surface area contributed by atoms with Gasteiger partial charge in [-0.25, -0.2) is 0 Å². The first-order chi connectivity index (χ1) is 13.7. The van der Waals surface area contributed by atoms with E-state index >= 15 is 0 Å². The normalized spacial score (nSPS) is 36.0. The first kappa shape index (κ1) is 21.6. The molecule has 0 aromatic rings. The Labute approximate surface area is 191 Å². The maximum Gasteiger partial charge on any atom is 0.251 e. The van der Waals surface area contributed by atoms with Crippen LogP contribution in [0, 0.1) is 11.3 Å². The molecule has 1 spiro atoms. The lowest BCUT2D eigenvalue weighted by molar-refractivity contribution is -0.142. The lowest BCUT2D eigenvalue weighted by Crippen LogP contribution is -2.70. The second kappa shape index (κ2) is 8.86. The van der Waals surface area contributed by atoms with Crippen LogP contribution in [0.2, 0.25) is 0 Å². The Morgan fingerprint density at radius 1 is 1.00 bits per heavy atom. The molecule has 3 saturated heterocycles. The molecular formula is C21H35IN4O3. The standard InChI is InChI=1S/C21H34N4O3.HI/c1-22-20(23-17-15-6-14-28-18(15)21(17)7-2-3-8-21)25-11-9-24(10-12-25)19(26)16-5-4-13-27-16;/h15-18H,2-14H2,1H3,(H,22,23);1H. The minimum absolute atomic E-state index is 0. The number of nitrogens with zero attached hydrogens (tertiary/aromatic N) is 3. The largest absolute Gasteiger partial charge is 0.377 e. The number of guanidine groups is 1. The van der Waals surface area contributed by atoms with Crippen LogP contribution in [0.15, 0.2) is 4.99 Å². The molecule has 164 valence electrons. The molecule has 3 heterocycles. The number of halogens is 1. The average molecular weight is 518 g/mol. The van der Waals surface area contributed by atoms with E-state index < -0.39 is 0 Å². The summed E-state index contributed by atoms with van der Waals surface area (Å²) in [6, 6.07) is 0.493. The molecule has 8 heteroatoms. The van der Waals surface area contributed by atoms with Crippen LogP contribution in [-0.4, -0.2) is 86.4 Å². The molecular weight excluding hydrogens is 483 g/mol. The van der Waals surface area contributed by atoms with E-state index in [-0.39, 0.29) is 36.0 Å². The summed E-state index contributed by atoms with van der Waals surface area (Å²) in [5, 5.41) is 3.84. The van der Waals surface area contributed by atoms with Gasteiger partial charge in [0.25, 0.3) is 5.91 Å². The number of aliphatic imine (C=N–C) groups is 1. The van der Waals surface area contributed by atoms with Gasteiger partial charge in [0.2, 0.25) is 0 Å². The van der Waals surface area contributed by atoms with Gasteiger partial charge in [0.15, 0.2) is 5.96 Å². The first-order valence-electron chi connectivity index (χ1n) is 11.2. The Hall–Kier alpha value is -0.610. The maximum atomic E-state index is 12.6. The number of fused-ring (bicyclic) bond motifs is 2. The van der Waals surface area contributed by atoms with Gasteiger partial charge < -0.3 is 24.6 Å². The molecule has 0 radical (unpaired) electrons. The molecule has 1 N–H and O–H groups in total. The van der Waals surface area contributed by atoms with E-state index in [4.69, 9.17) is 9.47 Å². The average Bonchev–Trinajstić information content (AvgIpc) is 3.49. The zero-order valence-corrected chi connectivity index (χ0v) is 19.8. The summed E-state index contributed by atoms with van der Waals surface area (Å²) in [5.41, 5.74) is 0.328. The molecule has 7 nitrogen and oxygen atoms in total. The van der Waals surface area contributed by atoms with Crippen molar-refractivity contribution < 1.29 is 14.3 Å². The number of carbonyl (C=O) groups excluding carboxylic acids is 1. The minimum atomic E-state index is -0.208. The van der Waals surface area contributed by atoms with Gasteiger partial charge in [-0.05, 0) is 32.1 Å². The van der Waals surface area contributed by atoms with Crippen molar-refractivity contribution in [3.63, 3.8) is 0 Å². The summed E-state index contributed by atoms with van der Waals surface area (Å²) >= 11 is 0. The number of hydrogen-bond donors (Lipinski definition) is 1. The fraction of sp³-hybridized carbons (Fsp3) is 0.905. The molecule has 5 rings (SSSR count). The Balaban J connectivity index is 0.00000205. The summed E-state index contributed by atoms with van der Waals surface area (Å²) < 4.78 is 11.7. The number of piperazine rings is 1. The summed E-state index contributed by atoms with van der Waals surface area (Å²) in [6.07, 6.45) is 8.52. The Kier molecular flexibility index (Phi) is 6.61. The number of amides is 1. The Bertz CT molecular complexity index is 625. The van der Waals surface area contributed by atoms with Crippen molar-refractivity contribution in [2.45, 2.75) is 63.2 Å². The van der Waals surface area contributed by atoms with Crippen LogP contribution in [0.5, 0.6) is 0 Å². The molecule has 5 fully saturated rings. The summed E-state index contributed by atoms with van der Waals surface area (Å²) in [5.74, 6) is 1.82. The molecule has 5 aliphatic rings. The number of rotatable bonds is 2. The van der Waals surface area contributed by atoms with Crippen molar-refractivity contribution in [2.75, 3.05) is 46.4 Å². The van der Waals surface area contributed by atoms with Crippen molar-refractivity contribution in [3.05, 3.63) is 0 Å². The van der Waals surface area contributed by atoms with E-state index in [1.54, 1.807) is 0 Å². The molecule has 4 unspecified atom stereocenters. The zero-order chi connectivity index (χ0) is 19.1. The summed E-state index contributed by atoms with van der Waals surface area (Å²) in [7, 11) is 1.88. The van der Waals surface area contributed by atoms with Gasteiger partial charge in [-0.1, -0.05) is 12.8 Å². The van der Waals surface area contributed by atoms with Crippen LogP contribution in [0.1, 0.15) is 44.9 Å². The van der Waals surface area contributed by atoms with Gasteiger partial charge >= 0.3 is 0 Å². The number of nitrogens with one attached hydrogen (secondary N) is 1. The highest BCUT2D eigenvalue weighted by Crippen LogP contribution is 2.60. The molecule has 2 aliphatic carbocycles. The fourth-order valence-electron chi connectivity index (χ4n) is 6.46. The van der Waals surface area contributed by atoms with Crippen LogP contribution in [0.4, 0.5) is 0 Å². The summed E-state index contributed by atoms with van der Waals surface area (Å²) in [4.78, 5) is 21.5. The monoisotopic (exact) mass is 518 g/mol. The van der Waals surface area contributed by atoms with Gasteiger partial charge in [0.05, 0.1) is 6.10 Å². The quantitative estimate of drug-likeness (QED) is 0.344. The van der Waals surface area contributed by atoms with Crippen LogP contribution in [-0.2, 0) is 14.3 Å². The predicted molar refractivity (Wildman–Crippen MR) is 122 cm³/mol. The maximum absolute atomic E-state index is 12.6. The second-order valence-corrected chi connectivity index (χ2v) is 9.17. The zero-order valence-electron chi connectivity index (χ0n) is 17.5. The number of ether oxygens (including phenoxy) is 2. The lowest BCUT2D eigenvalue weighted by atomic mass is 9.54. The highest BCUT2D eigenvalue weighted by Gasteiger charge is 2.65. The fourth-order valence-corrected chi connectivity index (χ4v) is 6.46. The molecule has 4 atom stereocenters. The third-order valence-electron chi connectivity index (χ3n) is 7.88. The number of hydrogen-bond acceptors (Lipinski definition) is 4. The molecule has 29 heavy (non-hydrogen) atoms. The van der Waals surface area contributed by atoms with E-state index in [9.17, 15) is 4.79 Å². The van der Waals surface area contributed by atoms with Crippen molar-refractivity contribution in [1.82, 2.24) is 15.1 Å². The highest BCUT2D eigenvalue weighted by molar-refractivity contribution is 14.0. The van der Waals surface area contributed by atoms with E-state index in [0.29, 0.717) is 23.5 Å². The van der Waals surface area contributed by atoms with Gasteiger partial charge in [-0.2, -0.15) is 0 Å². The smallest absolute Gasteiger partial charge is 0.251 e. The molecule has 1 amide bonds. The van der Waals surface area contributed by atoms with Crippen LogP contribution in [0.25, 0.3) is 0 Å². The van der Waals surface area contributed by atoms with Gasteiger partial charge in [0, 0.05) is 63.8 Å². The second-order valence-electron chi connectivity index (χ2n) is 9.17. The van der Waals surface area contributed by atoms with E-state index in [1.807, 2.05) is 11.9 Å². The van der Waals surface area contributed by atoms with Crippen molar-refractivity contribution in [3.8, 4) is 0 Å². The topological polar surface area (TPSA) is 66.4 Å². The predicted octanol–water partition coefficient (Wildman–Crippen LogP) is 1.85.